The van der Waals surface area contributed by atoms with Gasteiger partial charge in [-0.3, -0.25) is 9.69 Å². The molecular formula is C14H23N3O3. The average Bonchev–Trinajstić information content (AvgIpc) is 2.90. The van der Waals surface area contributed by atoms with Gasteiger partial charge in [-0.05, 0) is 45.1 Å². The van der Waals surface area contributed by atoms with Crippen molar-refractivity contribution >= 4 is 12.0 Å². The molecular weight excluding hydrogens is 258 g/mol. The topological polar surface area (TPSA) is 81.7 Å². The summed E-state index contributed by atoms with van der Waals surface area (Å²) in [6.45, 7) is 2.21. The van der Waals surface area contributed by atoms with Crippen LogP contribution < -0.4 is 10.6 Å². The van der Waals surface area contributed by atoms with Gasteiger partial charge in [-0.1, -0.05) is 0 Å². The van der Waals surface area contributed by atoms with E-state index in [1.165, 1.54) is 6.42 Å². The molecule has 20 heavy (non-hydrogen) atoms. The maximum Gasteiger partial charge on any atom is 0.315 e. The van der Waals surface area contributed by atoms with Gasteiger partial charge in [0.2, 0.25) is 0 Å². The largest absolute Gasteiger partial charge is 0.481 e. The van der Waals surface area contributed by atoms with E-state index in [4.69, 9.17) is 5.11 Å². The summed E-state index contributed by atoms with van der Waals surface area (Å²) in [7, 11) is 0. The molecule has 0 aromatic rings. The Kier molecular flexibility index (Phi) is 3.58. The SMILES string of the molecule is O=C(O)CC1(NC(=O)NC2CCN3CCCC23)CCC1. The van der Waals surface area contributed by atoms with E-state index >= 15 is 0 Å². The number of hydrogen-bond donors (Lipinski definition) is 3. The molecule has 6 nitrogen and oxygen atoms in total. The molecule has 0 aromatic carbocycles. The second-order valence-electron chi connectivity index (χ2n) is 6.44. The number of fused-ring (bicyclic) bond motifs is 1. The molecule has 2 aliphatic heterocycles. The number of amides is 2. The molecule has 2 atom stereocenters. The normalized spacial score (nSPS) is 31.4. The van der Waals surface area contributed by atoms with Gasteiger partial charge in [0.15, 0.2) is 0 Å². The van der Waals surface area contributed by atoms with Crippen LogP contribution in [-0.4, -0.2) is 52.7 Å². The molecule has 1 saturated carbocycles. The van der Waals surface area contributed by atoms with E-state index < -0.39 is 11.5 Å². The molecule has 3 N–H and O–H groups in total. The van der Waals surface area contributed by atoms with Gasteiger partial charge in [-0.15, -0.1) is 0 Å². The van der Waals surface area contributed by atoms with Crippen molar-refractivity contribution in [3.8, 4) is 0 Å². The Bertz CT molecular complexity index is 408. The number of nitrogens with zero attached hydrogens (tertiary/aromatic N) is 1. The first-order chi connectivity index (χ1) is 9.58. The van der Waals surface area contributed by atoms with Gasteiger partial charge >= 0.3 is 12.0 Å². The smallest absolute Gasteiger partial charge is 0.315 e. The molecule has 3 aliphatic rings. The summed E-state index contributed by atoms with van der Waals surface area (Å²) in [6, 6.07) is 0.515. The number of carboxylic acid groups (broad SMARTS) is 1. The fourth-order valence-electron chi connectivity index (χ4n) is 3.94. The van der Waals surface area contributed by atoms with Crippen molar-refractivity contribution < 1.29 is 14.7 Å². The quantitative estimate of drug-likeness (QED) is 0.715. The Morgan fingerprint density at radius 2 is 2.00 bits per heavy atom. The molecule has 2 saturated heterocycles. The van der Waals surface area contributed by atoms with E-state index in [-0.39, 0.29) is 18.5 Å². The summed E-state index contributed by atoms with van der Waals surface area (Å²) in [6.07, 6.45) is 5.94. The number of nitrogens with one attached hydrogen (secondary N) is 2. The van der Waals surface area contributed by atoms with Crippen LogP contribution in [0.25, 0.3) is 0 Å². The maximum atomic E-state index is 12.1. The second kappa shape index (κ2) is 5.24. The van der Waals surface area contributed by atoms with Crippen LogP contribution in [0.15, 0.2) is 0 Å². The number of urea groups is 1. The van der Waals surface area contributed by atoms with E-state index in [1.807, 2.05) is 0 Å². The lowest BCUT2D eigenvalue weighted by Crippen LogP contribution is -2.59. The average molecular weight is 281 g/mol. The summed E-state index contributed by atoms with van der Waals surface area (Å²) in [4.78, 5) is 25.5. The second-order valence-corrected chi connectivity index (χ2v) is 6.44. The number of carboxylic acids is 1. The van der Waals surface area contributed by atoms with Gasteiger partial charge in [0.1, 0.15) is 0 Å². The van der Waals surface area contributed by atoms with Crippen molar-refractivity contribution in [2.24, 2.45) is 0 Å². The monoisotopic (exact) mass is 281 g/mol. The minimum absolute atomic E-state index is 0.0284. The molecule has 2 heterocycles. The number of hydrogen-bond acceptors (Lipinski definition) is 3. The van der Waals surface area contributed by atoms with Gasteiger partial charge in [0, 0.05) is 18.6 Å². The zero-order valence-electron chi connectivity index (χ0n) is 11.7. The van der Waals surface area contributed by atoms with E-state index in [2.05, 4.69) is 15.5 Å². The van der Waals surface area contributed by atoms with Crippen LogP contribution in [0.1, 0.15) is 44.9 Å². The summed E-state index contributed by atoms with van der Waals surface area (Å²) in [5, 5.41) is 14.9. The molecule has 2 unspecified atom stereocenters. The third kappa shape index (κ3) is 2.61. The zero-order valence-corrected chi connectivity index (χ0v) is 11.7. The number of carbonyl (C=O) groups excluding carboxylic acids is 1. The first-order valence-corrected chi connectivity index (χ1v) is 7.63. The van der Waals surface area contributed by atoms with Gasteiger partial charge in [0.05, 0.1) is 12.0 Å². The van der Waals surface area contributed by atoms with Crippen molar-refractivity contribution in [1.82, 2.24) is 15.5 Å². The minimum atomic E-state index is -0.840. The van der Waals surface area contributed by atoms with Crippen molar-refractivity contribution in [3.63, 3.8) is 0 Å². The van der Waals surface area contributed by atoms with Gasteiger partial charge in [-0.25, -0.2) is 4.79 Å². The van der Waals surface area contributed by atoms with Gasteiger partial charge in [0.25, 0.3) is 0 Å². The summed E-state index contributed by atoms with van der Waals surface area (Å²) < 4.78 is 0. The molecule has 0 aromatic heterocycles. The van der Waals surface area contributed by atoms with Crippen LogP contribution in [-0.2, 0) is 4.79 Å². The lowest BCUT2D eigenvalue weighted by Gasteiger charge is -2.41. The summed E-state index contributed by atoms with van der Waals surface area (Å²) in [5.74, 6) is -0.840. The summed E-state index contributed by atoms with van der Waals surface area (Å²) >= 11 is 0. The lowest BCUT2D eigenvalue weighted by atomic mass is 9.74. The van der Waals surface area contributed by atoms with E-state index in [1.54, 1.807) is 0 Å². The van der Waals surface area contributed by atoms with Crippen LogP contribution in [0.5, 0.6) is 0 Å². The highest BCUT2D eigenvalue weighted by Gasteiger charge is 2.42. The fraction of sp³-hybridized carbons (Fsp3) is 0.857. The number of aliphatic carboxylic acids is 1. The standard InChI is InChI=1S/C14H23N3O3/c18-12(19)9-14(5-2-6-14)16-13(20)15-10-4-8-17-7-1-3-11(10)17/h10-11H,1-9H2,(H,18,19)(H2,15,16,20). The van der Waals surface area contributed by atoms with E-state index in [9.17, 15) is 9.59 Å². The van der Waals surface area contributed by atoms with Gasteiger partial charge < -0.3 is 15.7 Å². The van der Waals surface area contributed by atoms with E-state index in [0.717, 1.165) is 45.2 Å². The zero-order chi connectivity index (χ0) is 14.2. The van der Waals surface area contributed by atoms with Crippen molar-refractivity contribution in [2.45, 2.75) is 62.6 Å². The Balaban J connectivity index is 1.53. The molecule has 0 spiro atoms. The first-order valence-electron chi connectivity index (χ1n) is 7.63. The third-order valence-electron chi connectivity index (χ3n) is 5.10. The molecule has 3 fully saturated rings. The Labute approximate surface area is 118 Å². The number of carbonyl (C=O) groups is 2. The van der Waals surface area contributed by atoms with Crippen molar-refractivity contribution in [1.29, 1.82) is 0 Å². The Morgan fingerprint density at radius 3 is 2.65 bits per heavy atom. The van der Waals surface area contributed by atoms with Crippen LogP contribution in [0.4, 0.5) is 4.79 Å². The Morgan fingerprint density at radius 1 is 1.20 bits per heavy atom. The van der Waals surface area contributed by atoms with Gasteiger partial charge in [-0.2, -0.15) is 0 Å². The first kappa shape index (κ1) is 13.7. The highest BCUT2D eigenvalue weighted by Crippen LogP contribution is 2.35. The van der Waals surface area contributed by atoms with Crippen molar-refractivity contribution in [3.05, 3.63) is 0 Å². The molecule has 2 amide bonds. The molecule has 0 radical (unpaired) electrons. The molecule has 3 rings (SSSR count). The van der Waals surface area contributed by atoms with Crippen molar-refractivity contribution in [2.75, 3.05) is 13.1 Å². The molecule has 0 bridgehead atoms. The predicted octanol–water partition coefficient (Wildman–Crippen LogP) is 0.920. The maximum absolute atomic E-state index is 12.1. The van der Waals surface area contributed by atoms with E-state index in [0.29, 0.717) is 6.04 Å². The molecule has 1 aliphatic carbocycles. The Hall–Kier alpha value is -1.30. The predicted molar refractivity (Wildman–Crippen MR) is 73.5 cm³/mol. The highest BCUT2D eigenvalue weighted by molar-refractivity contribution is 5.77. The minimum Gasteiger partial charge on any atom is -0.481 e. The number of rotatable bonds is 4. The van der Waals surface area contributed by atoms with Crippen LogP contribution in [0.2, 0.25) is 0 Å². The molecule has 6 heteroatoms. The molecule has 112 valence electrons. The van der Waals surface area contributed by atoms with Crippen LogP contribution in [0, 0.1) is 0 Å². The highest BCUT2D eigenvalue weighted by atomic mass is 16.4. The van der Waals surface area contributed by atoms with Crippen LogP contribution in [0.3, 0.4) is 0 Å². The lowest BCUT2D eigenvalue weighted by molar-refractivity contribution is -0.139. The third-order valence-corrected chi connectivity index (χ3v) is 5.10. The fourth-order valence-corrected chi connectivity index (χ4v) is 3.94. The summed E-state index contributed by atoms with van der Waals surface area (Å²) in [5.41, 5.74) is -0.510. The van der Waals surface area contributed by atoms with Crippen LogP contribution >= 0.6 is 0 Å².